The van der Waals surface area contributed by atoms with E-state index in [1.807, 2.05) is 6.07 Å². The first-order chi connectivity index (χ1) is 13.0. The van der Waals surface area contributed by atoms with Gasteiger partial charge in [-0.1, -0.05) is 0 Å². The van der Waals surface area contributed by atoms with Crippen LogP contribution in [-0.2, 0) is 6.18 Å². The molecule has 1 aliphatic heterocycles. The summed E-state index contributed by atoms with van der Waals surface area (Å²) in [5.74, 6) is -0.000103. The van der Waals surface area contributed by atoms with Crippen molar-refractivity contribution in [3.8, 4) is 6.07 Å². The van der Waals surface area contributed by atoms with Crippen LogP contribution in [0.3, 0.4) is 0 Å². The average Bonchev–Trinajstić information content (AvgIpc) is 2.67. The molecule has 0 aliphatic carbocycles. The highest BCUT2D eigenvalue weighted by atomic mass is 19.4. The Morgan fingerprint density at radius 1 is 1.26 bits per heavy atom. The van der Waals surface area contributed by atoms with Crippen LogP contribution in [0.25, 0.3) is 0 Å². The number of aromatic nitrogens is 3. The van der Waals surface area contributed by atoms with E-state index in [2.05, 4.69) is 30.9 Å². The normalized spacial score (nSPS) is 17.2. The third-order valence-electron chi connectivity index (χ3n) is 4.19. The molecule has 0 bridgehead atoms. The van der Waals surface area contributed by atoms with Crippen molar-refractivity contribution in [2.75, 3.05) is 30.3 Å². The van der Waals surface area contributed by atoms with Crippen LogP contribution < -0.4 is 16.0 Å². The highest BCUT2D eigenvalue weighted by Crippen LogP contribution is 2.34. The zero-order chi connectivity index (χ0) is 19.3. The maximum absolute atomic E-state index is 13.3. The van der Waals surface area contributed by atoms with Crippen LogP contribution in [0.15, 0.2) is 24.5 Å². The van der Waals surface area contributed by atoms with E-state index in [1.165, 1.54) is 12.3 Å². The third-order valence-corrected chi connectivity index (χ3v) is 4.19. The molecule has 0 radical (unpaired) electrons. The second-order valence-electron chi connectivity index (χ2n) is 6.22. The van der Waals surface area contributed by atoms with Crippen LogP contribution in [0.2, 0.25) is 0 Å². The third kappa shape index (κ3) is 5.04. The van der Waals surface area contributed by atoms with E-state index in [0.29, 0.717) is 12.2 Å². The Labute approximate surface area is 154 Å². The van der Waals surface area contributed by atoms with Gasteiger partial charge in [0, 0.05) is 12.7 Å². The fourth-order valence-electron chi connectivity index (χ4n) is 2.79. The molecule has 1 unspecified atom stereocenters. The molecular weight excluding hydrogens is 359 g/mol. The van der Waals surface area contributed by atoms with Crippen LogP contribution in [-0.4, -0.2) is 34.6 Å². The van der Waals surface area contributed by atoms with Gasteiger partial charge >= 0.3 is 6.18 Å². The van der Waals surface area contributed by atoms with Gasteiger partial charge in [0.1, 0.15) is 23.1 Å². The first-order valence-corrected chi connectivity index (χ1v) is 8.47. The molecule has 3 heterocycles. The number of nitrogens with zero attached hydrogens (tertiary/aromatic N) is 4. The Morgan fingerprint density at radius 2 is 2.11 bits per heavy atom. The lowest BCUT2D eigenvalue weighted by atomic mass is 10.00. The predicted molar refractivity (Wildman–Crippen MR) is 93.4 cm³/mol. The van der Waals surface area contributed by atoms with Gasteiger partial charge in [0.15, 0.2) is 0 Å². The Morgan fingerprint density at radius 3 is 2.74 bits per heavy atom. The van der Waals surface area contributed by atoms with Crippen LogP contribution in [0.4, 0.5) is 30.6 Å². The van der Waals surface area contributed by atoms with Crippen molar-refractivity contribution < 1.29 is 13.2 Å². The fourth-order valence-corrected chi connectivity index (χ4v) is 2.79. The number of halogens is 3. The molecular formula is C17H18F3N7. The largest absolute Gasteiger partial charge is 0.421 e. The van der Waals surface area contributed by atoms with Crippen LogP contribution >= 0.6 is 0 Å². The SMILES string of the molecule is N#Cc1ccc(Nc2ncc(C(F)(F)F)c(NCC3CCCNC3)n2)cn1. The number of hydrogen-bond acceptors (Lipinski definition) is 7. The number of pyridine rings is 1. The van der Waals surface area contributed by atoms with E-state index >= 15 is 0 Å². The second kappa shape index (κ2) is 8.18. The summed E-state index contributed by atoms with van der Waals surface area (Å²) in [5, 5.41) is 17.6. The van der Waals surface area contributed by atoms with E-state index in [-0.39, 0.29) is 23.4 Å². The molecule has 3 rings (SSSR count). The van der Waals surface area contributed by atoms with Gasteiger partial charge in [-0.25, -0.2) is 9.97 Å². The lowest BCUT2D eigenvalue weighted by Crippen LogP contribution is -2.34. The molecule has 1 fully saturated rings. The maximum Gasteiger partial charge on any atom is 0.421 e. The molecule has 7 nitrogen and oxygen atoms in total. The first-order valence-electron chi connectivity index (χ1n) is 8.47. The molecule has 1 saturated heterocycles. The second-order valence-corrected chi connectivity index (χ2v) is 6.22. The molecule has 2 aromatic heterocycles. The lowest BCUT2D eigenvalue weighted by Gasteiger charge is -2.24. The minimum atomic E-state index is -4.55. The van der Waals surface area contributed by atoms with Gasteiger partial charge in [0.2, 0.25) is 5.95 Å². The Bertz CT molecular complexity index is 809. The minimum Gasteiger partial charge on any atom is -0.369 e. The van der Waals surface area contributed by atoms with Gasteiger partial charge in [-0.15, -0.1) is 0 Å². The Kier molecular flexibility index (Phi) is 5.71. The summed E-state index contributed by atoms with van der Waals surface area (Å²) in [6, 6.07) is 4.95. The highest BCUT2D eigenvalue weighted by molar-refractivity contribution is 5.56. The molecule has 27 heavy (non-hydrogen) atoms. The monoisotopic (exact) mass is 377 g/mol. The number of hydrogen-bond donors (Lipinski definition) is 3. The van der Waals surface area contributed by atoms with Crippen LogP contribution in [0, 0.1) is 17.2 Å². The van der Waals surface area contributed by atoms with E-state index in [0.717, 1.165) is 32.1 Å². The summed E-state index contributed by atoms with van der Waals surface area (Å²) >= 11 is 0. The molecule has 1 aliphatic rings. The van der Waals surface area contributed by atoms with Crippen molar-refractivity contribution in [1.82, 2.24) is 20.3 Å². The summed E-state index contributed by atoms with van der Waals surface area (Å²) in [4.78, 5) is 11.6. The van der Waals surface area contributed by atoms with Crippen molar-refractivity contribution in [2.24, 2.45) is 5.92 Å². The number of nitriles is 1. The average molecular weight is 377 g/mol. The van der Waals surface area contributed by atoms with Gasteiger partial charge in [-0.3, -0.25) is 0 Å². The summed E-state index contributed by atoms with van der Waals surface area (Å²) in [7, 11) is 0. The topological polar surface area (TPSA) is 98.5 Å². The number of anilines is 3. The number of rotatable bonds is 5. The zero-order valence-electron chi connectivity index (χ0n) is 14.3. The molecule has 3 N–H and O–H groups in total. The summed E-state index contributed by atoms with van der Waals surface area (Å²) < 4.78 is 39.8. The minimum absolute atomic E-state index is 0.0128. The first kappa shape index (κ1) is 18.8. The standard InChI is InChI=1S/C17H18F3N7/c18-17(19,20)14-10-25-16(26-13-4-3-12(6-21)23-9-13)27-15(14)24-8-11-2-1-5-22-7-11/h3-4,9-11,22H,1-2,5,7-8H2,(H2,24,25,26,27). The van der Waals surface area contributed by atoms with E-state index in [4.69, 9.17) is 5.26 Å². The van der Waals surface area contributed by atoms with Gasteiger partial charge < -0.3 is 16.0 Å². The van der Waals surface area contributed by atoms with E-state index in [1.54, 1.807) is 6.07 Å². The summed E-state index contributed by atoms with van der Waals surface area (Å²) in [6.07, 6.45) is -0.453. The summed E-state index contributed by atoms with van der Waals surface area (Å²) in [5.41, 5.74) is -0.205. The molecule has 0 aromatic carbocycles. The van der Waals surface area contributed by atoms with Gasteiger partial charge in [0.25, 0.3) is 0 Å². The smallest absolute Gasteiger partial charge is 0.369 e. The molecule has 0 amide bonds. The Hall–Kier alpha value is -2.93. The van der Waals surface area contributed by atoms with E-state index < -0.39 is 11.7 Å². The number of piperidine rings is 1. The van der Waals surface area contributed by atoms with Crippen molar-refractivity contribution in [1.29, 1.82) is 5.26 Å². The molecule has 2 aromatic rings. The van der Waals surface area contributed by atoms with Crippen molar-refractivity contribution in [3.63, 3.8) is 0 Å². The van der Waals surface area contributed by atoms with Crippen molar-refractivity contribution in [2.45, 2.75) is 19.0 Å². The van der Waals surface area contributed by atoms with E-state index in [9.17, 15) is 13.2 Å². The van der Waals surface area contributed by atoms with Gasteiger partial charge in [-0.2, -0.15) is 23.4 Å². The zero-order valence-corrected chi connectivity index (χ0v) is 14.3. The summed E-state index contributed by atoms with van der Waals surface area (Å²) in [6.45, 7) is 2.09. The quantitative estimate of drug-likeness (QED) is 0.737. The van der Waals surface area contributed by atoms with Gasteiger partial charge in [-0.05, 0) is 44.0 Å². The van der Waals surface area contributed by atoms with Gasteiger partial charge in [0.05, 0.1) is 11.9 Å². The maximum atomic E-state index is 13.3. The molecule has 10 heteroatoms. The van der Waals surface area contributed by atoms with Crippen molar-refractivity contribution >= 4 is 17.5 Å². The number of nitrogens with one attached hydrogen (secondary N) is 3. The fraction of sp³-hybridized carbons (Fsp3) is 0.412. The molecule has 0 saturated carbocycles. The Balaban J connectivity index is 1.77. The van der Waals surface area contributed by atoms with Crippen molar-refractivity contribution in [3.05, 3.63) is 35.8 Å². The van der Waals surface area contributed by atoms with Crippen LogP contribution in [0.1, 0.15) is 24.1 Å². The predicted octanol–water partition coefficient (Wildman–Crippen LogP) is 2.92. The lowest BCUT2D eigenvalue weighted by molar-refractivity contribution is -0.137. The molecule has 0 spiro atoms. The number of alkyl halides is 3. The molecule has 142 valence electrons. The van der Waals surface area contributed by atoms with Crippen LogP contribution in [0.5, 0.6) is 0 Å². The molecule has 1 atom stereocenters. The highest BCUT2D eigenvalue weighted by Gasteiger charge is 2.35.